The van der Waals surface area contributed by atoms with Gasteiger partial charge in [0.25, 0.3) is 0 Å². The summed E-state index contributed by atoms with van der Waals surface area (Å²) in [5.74, 6) is 0.267. The lowest BCUT2D eigenvalue weighted by molar-refractivity contribution is 0.324. The molecule has 1 fully saturated rings. The molecule has 0 spiro atoms. The van der Waals surface area contributed by atoms with Crippen molar-refractivity contribution in [2.75, 3.05) is 5.73 Å². The SMILES string of the molecule is Nc1nc2ccc(F)cc2n1C1CCC1. The van der Waals surface area contributed by atoms with Gasteiger partial charge in [-0.15, -0.1) is 0 Å². The monoisotopic (exact) mass is 205 g/mol. The van der Waals surface area contributed by atoms with Crippen molar-refractivity contribution in [2.45, 2.75) is 25.3 Å². The van der Waals surface area contributed by atoms with E-state index in [4.69, 9.17) is 5.73 Å². The fourth-order valence-corrected chi connectivity index (χ4v) is 2.11. The number of fused-ring (bicyclic) bond motifs is 1. The number of nitrogens with two attached hydrogens (primary N) is 1. The second-order valence-electron chi connectivity index (χ2n) is 4.06. The normalized spacial score (nSPS) is 16.9. The van der Waals surface area contributed by atoms with Gasteiger partial charge in [0.15, 0.2) is 0 Å². The van der Waals surface area contributed by atoms with Crippen LogP contribution in [0.15, 0.2) is 18.2 Å². The second-order valence-corrected chi connectivity index (χ2v) is 4.06. The summed E-state index contributed by atoms with van der Waals surface area (Å²) in [5.41, 5.74) is 7.44. The van der Waals surface area contributed by atoms with Crippen LogP contribution in [0.4, 0.5) is 10.3 Å². The summed E-state index contributed by atoms with van der Waals surface area (Å²) in [7, 11) is 0. The molecule has 0 saturated heterocycles. The van der Waals surface area contributed by atoms with E-state index < -0.39 is 0 Å². The van der Waals surface area contributed by atoms with Crippen LogP contribution in [0, 0.1) is 5.82 Å². The van der Waals surface area contributed by atoms with E-state index in [-0.39, 0.29) is 5.82 Å². The molecule has 0 unspecified atom stereocenters. The summed E-state index contributed by atoms with van der Waals surface area (Å²) < 4.78 is 15.1. The lowest BCUT2D eigenvalue weighted by atomic mass is 9.93. The van der Waals surface area contributed by atoms with E-state index in [0.717, 1.165) is 23.9 Å². The molecule has 1 saturated carbocycles. The van der Waals surface area contributed by atoms with E-state index in [1.807, 2.05) is 4.57 Å². The van der Waals surface area contributed by atoms with Crippen LogP contribution in [-0.2, 0) is 0 Å². The Hall–Kier alpha value is -1.58. The Kier molecular flexibility index (Phi) is 1.71. The van der Waals surface area contributed by atoms with Crippen LogP contribution in [-0.4, -0.2) is 9.55 Å². The van der Waals surface area contributed by atoms with E-state index >= 15 is 0 Å². The van der Waals surface area contributed by atoms with Crippen molar-refractivity contribution >= 4 is 17.0 Å². The van der Waals surface area contributed by atoms with E-state index in [2.05, 4.69) is 4.98 Å². The molecular weight excluding hydrogens is 193 g/mol. The maximum atomic E-state index is 13.1. The van der Waals surface area contributed by atoms with E-state index in [0.29, 0.717) is 12.0 Å². The number of hydrogen-bond acceptors (Lipinski definition) is 2. The molecule has 2 N–H and O–H groups in total. The Morgan fingerprint density at radius 2 is 2.20 bits per heavy atom. The highest BCUT2D eigenvalue weighted by Gasteiger charge is 2.23. The number of nitrogen functional groups attached to an aromatic ring is 1. The third-order valence-electron chi connectivity index (χ3n) is 3.12. The molecule has 1 aromatic heterocycles. The first-order valence-electron chi connectivity index (χ1n) is 5.18. The van der Waals surface area contributed by atoms with Crippen LogP contribution >= 0.6 is 0 Å². The zero-order chi connectivity index (χ0) is 10.4. The molecule has 0 aliphatic heterocycles. The molecule has 0 radical (unpaired) electrons. The second kappa shape index (κ2) is 2.95. The van der Waals surface area contributed by atoms with E-state index in [1.54, 1.807) is 6.07 Å². The smallest absolute Gasteiger partial charge is 0.201 e. The van der Waals surface area contributed by atoms with Crippen molar-refractivity contribution in [1.82, 2.24) is 9.55 Å². The summed E-state index contributed by atoms with van der Waals surface area (Å²) >= 11 is 0. The zero-order valence-corrected chi connectivity index (χ0v) is 8.28. The Morgan fingerprint density at radius 1 is 1.40 bits per heavy atom. The Morgan fingerprint density at radius 3 is 2.87 bits per heavy atom. The Balaban J connectivity index is 2.25. The first-order valence-corrected chi connectivity index (χ1v) is 5.18. The van der Waals surface area contributed by atoms with Crippen molar-refractivity contribution in [3.8, 4) is 0 Å². The maximum Gasteiger partial charge on any atom is 0.201 e. The number of nitrogens with zero attached hydrogens (tertiary/aromatic N) is 2. The van der Waals surface area contributed by atoms with Gasteiger partial charge in [-0.2, -0.15) is 0 Å². The van der Waals surface area contributed by atoms with Gasteiger partial charge in [-0.3, -0.25) is 0 Å². The molecule has 2 aromatic rings. The van der Waals surface area contributed by atoms with Crippen LogP contribution in [0.1, 0.15) is 25.3 Å². The molecule has 1 aliphatic rings. The summed E-state index contributed by atoms with van der Waals surface area (Å²) in [6.07, 6.45) is 3.46. The molecule has 1 heterocycles. The zero-order valence-electron chi connectivity index (χ0n) is 8.28. The van der Waals surface area contributed by atoms with Gasteiger partial charge in [0.05, 0.1) is 11.0 Å². The van der Waals surface area contributed by atoms with Crippen LogP contribution in [0.3, 0.4) is 0 Å². The minimum absolute atomic E-state index is 0.233. The van der Waals surface area contributed by atoms with E-state index in [9.17, 15) is 4.39 Å². The predicted molar refractivity (Wildman–Crippen MR) is 57.0 cm³/mol. The molecular formula is C11H12FN3. The van der Waals surface area contributed by atoms with Gasteiger partial charge < -0.3 is 10.3 Å². The quantitative estimate of drug-likeness (QED) is 0.777. The summed E-state index contributed by atoms with van der Waals surface area (Å²) in [6.45, 7) is 0. The highest BCUT2D eigenvalue weighted by atomic mass is 19.1. The lowest BCUT2D eigenvalue weighted by Crippen LogP contribution is -2.18. The first-order chi connectivity index (χ1) is 7.25. The van der Waals surface area contributed by atoms with Crippen molar-refractivity contribution in [3.05, 3.63) is 24.0 Å². The third kappa shape index (κ3) is 1.21. The standard InChI is InChI=1S/C11H12FN3/c12-7-4-5-9-10(6-7)15(11(13)14-9)8-2-1-3-8/h4-6,8H,1-3H2,(H2,13,14). The Bertz CT molecular complexity index is 514. The van der Waals surface area contributed by atoms with Gasteiger partial charge in [0.1, 0.15) is 5.82 Å². The van der Waals surface area contributed by atoms with Crippen LogP contribution in [0.2, 0.25) is 0 Å². The summed E-state index contributed by atoms with van der Waals surface area (Å²) in [5, 5.41) is 0. The van der Waals surface area contributed by atoms with Gasteiger partial charge in [-0.05, 0) is 37.5 Å². The van der Waals surface area contributed by atoms with Gasteiger partial charge >= 0.3 is 0 Å². The highest BCUT2D eigenvalue weighted by molar-refractivity contribution is 5.78. The molecule has 0 amide bonds. The fourth-order valence-electron chi connectivity index (χ4n) is 2.11. The number of anilines is 1. The highest BCUT2D eigenvalue weighted by Crippen LogP contribution is 2.36. The average molecular weight is 205 g/mol. The number of imidazole rings is 1. The van der Waals surface area contributed by atoms with Gasteiger partial charge in [-0.1, -0.05) is 0 Å². The van der Waals surface area contributed by atoms with Gasteiger partial charge in [-0.25, -0.2) is 9.37 Å². The van der Waals surface area contributed by atoms with Crippen LogP contribution in [0.5, 0.6) is 0 Å². The molecule has 0 atom stereocenters. The largest absolute Gasteiger partial charge is 0.369 e. The number of benzene rings is 1. The first kappa shape index (κ1) is 8.71. The van der Waals surface area contributed by atoms with Gasteiger partial charge in [0, 0.05) is 6.04 Å². The van der Waals surface area contributed by atoms with E-state index in [1.165, 1.54) is 18.6 Å². The van der Waals surface area contributed by atoms with Crippen molar-refractivity contribution in [2.24, 2.45) is 0 Å². The Labute approximate surface area is 86.7 Å². The summed E-state index contributed by atoms with van der Waals surface area (Å²) in [6, 6.07) is 5.02. The van der Waals surface area contributed by atoms with Gasteiger partial charge in [0.2, 0.25) is 5.95 Å². The maximum absolute atomic E-state index is 13.1. The number of halogens is 1. The minimum atomic E-state index is -0.233. The molecule has 0 bridgehead atoms. The minimum Gasteiger partial charge on any atom is -0.369 e. The molecule has 1 aromatic carbocycles. The molecule has 3 rings (SSSR count). The third-order valence-corrected chi connectivity index (χ3v) is 3.12. The average Bonchev–Trinajstić information content (AvgIpc) is 2.42. The number of rotatable bonds is 1. The van der Waals surface area contributed by atoms with Crippen LogP contribution < -0.4 is 5.73 Å². The molecule has 78 valence electrons. The molecule has 3 nitrogen and oxygen atoms in total. The molecule has 4 heteroatoms. The fraction of sp³-hybridized carbons (Fsp3) is 0.364. The van der Waals surface area contributed by atoms with Crippen molar-refractivity contribution in [3.63, 3.8) is 0 Å². The van der Waals surface area contributed by atoms with Crippen molar-refractivity contribution in [1.29, 1.82) is 0 Å². The summed E-state index contributed by atoms with van der Waals surface area (Å²) in [4.78, 5) is 4.23. The predicted octanol–water partition coefficient (Wildman–Crippen LogP) is 2.48. The number of aromatic nitrogens is 2. The number of hydrogen-bond donors (Lipinski definition) is 1. The van der Waals surface area contributed by atoms with Crippen molar-refractivity contribution < 1.29 is 4.39 Å². The molecule has 1 aliphatic carbocycles. The topological polar surface area (TPSA) is 43.8 Å². The lowest BCUT2D eigenvalue weighted by Gasteiger charge is -2.28. The van der Waals surface area contributed by atoms with Crippen LogP contribution in [0.25, 0.3) is 11.0 Å². The molecule has 15 heavy (non-hydrogen) atoms.